The van der Waals surface area contributed by atoms with E-state index in [1.165, 1.54) is 12.3 Å². The first-order valence-electron chi connectivity index (χ1n) is 11.8. The second-order valence-corrected chi connectivity index (χ2v) is 8.38. The quantitative estimate of drug-likeness (QED) is 0.134. The third-order valence-electron chi connectivity index (χ3n) is 5.72. The van der Waals surface area contributed by atoms with Crippen molar-refractivity contribution in [1.29, 1.82) is 0 Å². The topological polar surface area (TPSA) is 172 Å². The monoisotopic (exact) mass is 496 g/mol. The summed E-state index contributed by atoms with van der Waals surface area (Å²) >= 11 is 0. The minimum absolute atomic E-state index is 0.00896. The molecular formula is C22H33FN6O6. The summed E-state index contributed by atoms with van der Waals surface area (Å²) in [4.78, 5) is 43.7. The lowest BCUT2D eigenvalue weighted by molar-refractivity contribution is -0.193. The fraction of sp³-hybridized carbons (Fsp3) is 0.727. The molecule has 2 N–H and O–H groups in total. The zero-order valence-corrected chi connectivity index (χ0v) is 20.1. The number of hydrogen-bond acceptors (Lipinski definition) is 9. The molecule has 1 aliphatic rings. The Labute approximate surface area is 202 Å². The largest absolute Gasteiger partial charge is 0.458 e. The molecule has 0 aromatic carbocycles. The van der Waals surface area contributed by atoms with E-state index in [4.69, 9.17) is 25.5 Å². The minimum Gasteiger partial charge on any atom is -0.458 e. The number of alkyl halides is 1. The Morgan fingerprint density at radius 1 is 1.31 bits per heavy atom. The fourth-order valence-electron chi connectivity index (χ4n) is 3.81. The number of carbonyl (C=O) groups is 2. The summed E-state index contributed by atoms with van der Waals surface area (Å²) in [5.41, 5.74) is 11.4. The summed E-state index contributed by atoms with van der Waals surface area (Å²) in [5, 5.41) is 3.45. The van der Waals surface area contributed by atoms with E-state index in [1.54, 1.807) is 0 Å². The fourth-order valence-corrected chi connectivity index (χ4v) is 3.81. The number of nitrogens with zero attached hydrogens (tertiary/aromatic N) is 5. The van der Waals surface area contributed by atoms with Gasteiger partial charge in [0, 0.05) is 24.0 Å². The second kappa shape index (κ2) is 13.6. The van der Waals surface area contributed by atoms with E-state index in [2.05, 4.69) is 15.0 Å². The predicted octanol–water partition coefficient (Wildman–Crippen LogP) is 3.36. The third-order valence-corrected chi connectivity index (χ3v) is 5.72. The van der Waals surface area contributed by atoms with Gasteiger partial charge in [0.15, 0.2) is 18.5 Å². The molecule has 2 heterocycles. The molecule has 13 heteroatoms. The number of anilines is 1. The first-order chi connectivity index (χ1) is 16.8. The van der Waals surface area contributed by atoms with E-state index in [0.717, 1.165) is 30.3 Å². The van der Waals surface area contributed by atoms with E-state index in [9.17, 15) is 14.4 Å². The van der Waals surface area contributed by atoms with Gasteiger partial charge in [-0.25, -0.2) is 9.18 Å². The van der Waals surface area contributed by atoms with Gasteiger partial charge in [0.25, 0.3) is 0 Å². The number of unbranched alkanes of at least 4 members (excludes halogenated alkanes) is 4. The number of aromatic nitrogens is 2. The van der Waals surface area contributed by atoms with Crippen molar-refractivity contribution in [1.82, 2.24) is 9.55 Å². The van der Waals surface area contributed by atoms with Gasteiger partial charge in [-0.05, 0) is 24.4 Å². The van der Waals surface area contributed by atoms with Crippen molar-refractivity contribution in [3.05, 3.63) is 33.2 Å². The highest BCUT2D eigenvalue weighted by Gasteiger charge is 2.60. The van der Waals surface area contributed by atoms with Crippen LogP contribution in [0, 0.1) is 0 Å². The van der Waals surface area contributed by atoms with Gasteiger partial charge < -0.3 is 19.9 Å². The van der Waals surface area contributed by atoms with Gasteiger partial charge in [0.2, 0.25) is 5.60 Å². The summed E-state index contributed by atoms with van der Waals surface area (Å²) in [6.07, 6.45) is 0.481. The first-order valence-corrected chi connectivity index (χ1v) is 11.8. The standard InChI is InChI=1S/C22H33FN6O6/c1-3-5-7-9-17(30)34-15(13-26-28-25)22(35-18(31)10-8-6-4-2)14-33-20(19(22)23)29-12-11-16(24)27-21(29)32/h11-12,15,19-20H,3-10,13-14H2,1-2H3,(H2,24,27,32)/t15?,19-,20+,22+/m0/s1. The van der Waals surface area contributed by atoms with Crippen molar-refractivity contribution < 1.29 is 28.2 Å². The number of azide groups is 1. The summed E-state index contributed by atoms with van der Waals surface area (Å²) in [6, 6.07) is 1.29. The highest BCUT2D eigenvalue weighted by molar-refractivity contribution is 5.71. The van der Waals surface area contributed by atoms with Crippen molar-refractivity contribution in [2.45, 2.75) is 89.3 Å². The van der Waals surface area contributed by atoms with Gasteiger partial charge in [-0.15, -0.1) is 0 Å². The van der Waals surface area contributed by atoms with Crippen LogP contribution >= 0.6 is 0 Å². The SMILES string of the molecule is CCCCCC(=O)OC(CN=[N+]=[N-])[C@]1(OC(=O)CCCCC)CO[C@@H](n2ccc(N)nc2=O)[C@@H]1F. The molecule has 1 saturated heterocycles. The van der Waals surface area contributed by atoms with E-state index in [1.807, 2.05) is 13.8 Å². The number of carbonyl (C=O) groups excluding carboxylic acids is 2. The number of rotatable bonds is 14. The lowest BCUT2D eigenvalue weighted by Crippen LogP contribution is -2.57. The molecule has 194 valence electrons. The normalized spacial score (nSPS) is 22.3. The molecule has 0 bridgehead atoms. The van der Waals surface area contributed by atoms with Crippen LogP contribution in [-0.4, -0.2) is 52.5 Å². The van der Waals surface area contributed by atoms with Gasteiger partial charge in [-0.3, -0.25) is 14.2 Å². The lowest BCUT2D eigenvalue weighted by atomic mass is 9.92. The Bertz CT molecular complexity index is 968. The van der Waals surface area contributed by atoms with Crippen LogP contribution in [0.2, 0.25) is 0 Å². The average Bonchev–Trinajstić information content (AvgIpc) is 3.13. The van der Waals surface area contributed by atoms with Gasteiger partial charge >= 0.3 is 17.6 Å². The van der Waals surface area contributed by atoms with Crippen LogP contribution in [0.4, 0.5) is 10.2 Å². The van der Waals surface area contributed by atoms with E-state index >= 15 is 4.39 Å². The average molecular weight is 497 g/mol. The number of esters is 2. The molecule has 12 nitrogen and oxygen atoms in total. The van der Waals surface area contributed by atoms with Crippen molar-refractivity contribution in [3.63, 3.8) is 0 Å². The second-order valence-electron chi connectivity index (χ2n) is 8.38. The van der Waals surface area contributed by atoms with Crippen LogP contribution in [-0.2, 0) is 23.8 Å². The molecule has 1 aromatic rings. The Hall–Kier alpha value is -3.18. The van der Waals surface area contributed by atoms with Crippen LogP contribution in [0.25, 0.3) is 10.4 Å². The summed E-state index contributed by atoms with van der Waals surface area (Å²) in [5.74, 6) is -1.43. The zero-order chi connectivity index (χ0) is 25.8. The summed E-state index contributed by atoms with van der Waals surface area (Å²) in [6.45, 7) is 2.90. The molecule has 0 aliphatic carbocycles. The molecule has 0 amide bonds. The molecule has 35 heavy (non-hydrogen) atoms. The van der Waals surface area contributed by atoms with Gasteiger partial charge in [0.05, 0.1) is 13.2 Å². The minimum atomic E-state index is -2.15. The van der Waals surface area contributed by atoms with Gasteiger partial charge in [-0.2, -0.15) is 4.98 Å². The Morgan fingerprint density at radius 3 is 2.57 bits per heavy atom. The molecule has 1 aromatic heterocycles. The predicted molar refractivity (Wildman–Crippen MR) is 124 cm³/mol. The van der Waals surface area contributed by atoms with E-state index < -0.39 is 54.9 Å². The zero-order valence-electron chi connectivity index (χ0n) is 20.1. The van der Waals surface area contributed by atoms with E-state index in [-0.39, 0.29) is 18.7 Å². The molecule has 1 unspecified atom stereocenters. The summed E-state index contributed by atoms with van der Waals surface area (Å²) < 4.78 is 33.6. The molecule has 1 aliphatic heterocycles. The number of nitrogen functional groups attached to an aromatic ring is 1. The molecule has 0 spiro atoms. The van der Waals surface area contributed by atoms with Crippen LogP contribution in [0.1, 0.15) is 71.4 Å². The Balaban J connectivity index is 2.40. The summed E-state index contributed by atoms with van der Waals surface area (Å²) in [7, 11) is 0. The van der Waals surface area contributed by atoms with Crippen LogP contribution in [0.5, 0.6) is 0 Å². The highest BCUT2D eigenvalue weighted by Crippen LogP contribution is 2.41. The maximum absolute atomic E-state index is 16.1. The number of hydrogen-bond donors (Lipinski definition) is 1. The number of halogens is 1. The Kier molecular flexibility index (Phi) is 10.9. The van der Waals surface area contributed by atoms with Gasteiger partial charge in [0.1, 0.15) is 5.82 Å². The number of nitrogens with two attached hydrogens (primary N) is 1. The van der Waals surface area contributed by atoms with Crippen molar-refractivity contribution in [2.24, 2.45) is 5.11 Å². The lowest BCUT2D eigenvalue weighted by Gasteiger charge is -2.36. The van der Waals surface area contributed by atoms with Crippen LogP contribution in [0.15, 0.2) is 22.2 Å². The molecular weight excluding hydrogens is 463 g/mol. The smallest absolute Gasteiger partial charge is 0.351 e. The molecule has 4 atom stereocenters. The van der Waals surface area contributed by atoms with Crippen LogP contribution < -0.4 is 11.4 Å². The highest BCUT2D eigenvalue weighted by atomic mass is 19.1. The van der Waals surface area contributed by atoms with Gasteiger partial charge in [-0.1, -0.05) is 44.6 Å². The maximum Gasteiger partial charge on any atom is 0.351 e. The van der Waals surface area contributed by atoms with Crippen molar-refractivity contribution in [3.8, 4) is 0 Å². The van der Waals surface area contributed by atoms with Crippen molar-refractivity contribution >= 4 is 17.8 Å². The third kappa shape index (κ3) is 7.40. The molecule has 1 fully saturated rings. The first kappa shape index (κ1) is 28.1. The van der Waals surface area contributed by atoms with E-state index in [0.29, 0.717) is 12.8 Å². The number of ether oxygens (including phenoxy) is 3. The van der Waals surface area contributed by atoms with Crippen molar-refractivity contribution in [2.75, 3.05) is 18.9 Å². The molecule has 0 radical (unpaired) electrons. The molecule has 0 saturated carbocycles. The Morgan fingerprint density at radius 2 is 1.97 bits per heavy atom. The molecule has 2 rings (SSSR count). The maximum atomic E-state index is 16.1. The van der Waals surface area contributed by atoms with Crippen LogP contribution in [0.3, 0.4) is 0 Å².